The molecular weight excluding hydrogens is 360 g/mol. The zero-order valence-corrected chi connectivity index (χ0v) is 13.8. The Bertz CT molecular complexity index is 704. The normalized spacial score (nSPS) is 11.8. The fourth-order valence-electron chi connectivity index (χ4n) is 1.78. The largest absolute Gasteiger partial charge is 0.351 e. The summed E-state index contributed by atoms with van der Waals surface area (Å²) in [6.45, 7) is 2.08. The molecule has 0 aliphatic heterocycles. The van der Waals surface area contributed by atoms with Crippen molar-refractivity contribution in [1.29, 1.82) is 0 Å². The van der Waals surface area contributed by atoms with Crippen molar-refractivity contribution < 1.29 is 4.79 Å². The monoisotopic (exact) mass is 374 g/mol. The second-order valence-corrected chi connectivity index (χ2v) is 5.46. The maximum Gasteiger partial charge on any atom is 0.261 e. The Morgan fingerprint density at radius 2 is 2.24 bits per heavy atom. The highest BCUT2D eigenvalue weighted by Crippen LogP contribution is 2.14. The standard InChI is InChI=1S/C13H15BrN4O2.ClH/c1-8(5-15)17-12(19)6-18-7-16-11-3-2-9(14)4-10(11)13(18)20;/h2-4,7-8H,5-6,15H2,1H3,(H,17,19);1H/t8-;/m0./s1. The second kappa shape index (κ2) is 7.53. The number of carbonyl (C=O) groups excluding carboxylic acids is 1. The predicted molar refractivity (Wildman–Crippen MR) is 87.6 cm³/mol. The maximum absolute atomic E-state index is 12.3. The lowest BCUT2D eigenvalue weighted by molar-refractivity contribution is -0.122. The van der Waals surface area contributed by atoms with Crippen LogP contribution in [0.15, 0.2) is 33.8 Å². The van der Waals surface area contributed by atoms with E-state index in [1.165, 1.54) is 10.9 Å². The quantitative estimate of drug-likeness (QED) is 0.835. The van der Waals surface area contributed by atoms with Crippen molar-refractivity contribution in [3.63, 3.8) is 0 Å². The summed E-state index contributed by atoms with van der Waals surface area (Å²) in [5.41, 5.74) is 5.79. The summed E-state index contributed by atoms with van der Waals surface area (Å²) < 4.78 is 2.08. The Morgan fingerprint density at radius 3 is 2.90 bits per heavy atom. The van der Waals surface area contributed by atoms with E-state index in [1.54, 1.807) is 19.1 Å². The topological polar surface area (TPSA) is 90.0 Å². The highest BCUT2D eigenvalue weighted by molar-refractivity contribution is 9.10. The number of carbonyl (C=O) groups is 1. The Labute approximate surface area is 136 Å². The molecule has 1 heterocycles. The van der Waals surface area contributed by atoms with Crippen LogP contribution in [0.25, 0.3) is 10.9 Å². The molecule has 0 radical (unpaired) electrons. The number of fused-ring (bicyclic) bond motifs is 1. The van der Waals surface area contributed by atoms with Gasteiger partial charge in [0.05, 0.1) is 17.2 Å². The van der Waals surface area contributed by atoms with Crippen molar-refractivity contribution in [2.24, 2.45) is 5.73 Å². The van der Waals surface area contributed by atoms with Gasteiger partial charge in [-0.3, -0.25) is 14.2 Å². The average molecular weight is 376 g/mol. The van der Waals surface area contributed by atoms with E-state index >= 15 is 0 Å². The molecule has 1 amide bonds. The van der Waals surface area contributed by atoms with Crippen molar-refractivity contribution in [2.45, 2.75) is 19.5 Å². The third-order valence-electron chi connectivity index (χ3n) is 2.86. The number of rotatable bonds is 4. The molecule has 0 spiro atoms. The van der Waals surface area contributed by atoms with Crippen LogP contribution in [-0.2, 0) is 11.3 Å². The number of nitrogens with zero attached hydrogens (tertiary/aromatic N) is 2. The molecule has 0 bridgehead atoms. The summed E-state index contributed by atoms with van der Waals surface area (Å²) >= 11 is 3.31. The lowest BCUT2D eigenvalue weighted by Crippen LogP contribution is -2.41. The summed E-state index contributed by atoms with van der Waals surface area (Å²) in [5.74, 6) is -0.263. The minimum absolute atomic E-state index is 0. The van der Waals surface area contributed by atoms with E-state index in [9.17, 15) is 9.59 Å². The molecule has 8 heteroatoms. The minimum atomic E-state index is -0.263. The summed E-state index contributed by atoms with van der Waals surface area (Å²) in [6.07, 6.45) is 1.38. The van der Waals surface area contributed by atoms with Crippen LogP contribution in [0.3, 0.4) is 0 Å². The van der Waals surface area contributed by atoms with Gasteiger partial charge in [0.2, 0.25) is 5.91 Å². The van der Waals surface area contributed by atoms with Crippen molar-refractivity contribution in [3.05, 3.63) is 39.4 Å². The molecule has 6 nitrogen and oxygen atoms in total. The second-order valence-electron chi connectivity index (χ2n) is 4.54. The van der Waals surface area contributed by atoms with Gasteiger partial charge in [-0.25, -0.2) is 4.98 Å². The van der Waals surface area contributed by atoms with E-state index in [2.05, 4.69) is 26.2 Å². The molecule has 0 saturated carbocycles. The van der Waals surface area contributed by atoms with Crippen LogP contribution in [0.4, 0.5) is 0 Å². The van der Waals surface area contributed by atoms with Gasteiger partial charge >= 0.3 is 0 Å². The lowest BCUT2D eigenvalue weighted by Gasteiger charge is -2.12. The SMILES string of the molecule is C[C@@H](CN)NC(=O)Cn1cnc2ccc(Br)cc2c1=O.Cl. The molecule has 2 rings (SSSR count). The molecule has 0 unspecified atom stereocenters. The molecule has 0 aliphatic carbocycles. The van der Waals surface area contributed by atoms with Gasteiger partial charge in [0.25, 0.3) is 5.56 Å². The van der Waals surface area contributed by atoms with Gasteiger partial charge < -0.3 is 11.1 Å². The van der Waals surface area contributed by atoms with Gasteiger partial charge in [-0.1, -0.05) is 15.9 Å². The summed E-state index contributed by atoms with van der Waals surface area (Å²) in [6, 6.07) is 5.14. The smallest absolute Gasteiger partial charge is 0.261 e. The minimum Gasteiger partial charge on any atom is -0.351 e. The molecule has 3 N–H and O–H groups in total. The van der Waals surface area contributed by atoms with Crippen molar-refractivity contribution in [2.75, 3.05) is 6.54 Å². The molecule has 114 valence electrons. The first-order chi connectivity index (χ1) is 9.51. The molecule has 1 aromatic carbocycles. The highest BCUT2D eigenvalue weighted by Gasteiger charge is 2.10. The Hall–Kier alpha value is -1.44. The molecular formula is C13H16BrClN4O2. The first-order valence-corrected chi connectivity index (χ1v) is 6.94. The fraction of sp³-hybridized carbons (Fsp3) is 0.308. The number of nitrogens with one attached hydrogen (secondary N) is 1. The third-order valence-corrected chi connectivity index (χ3v) is 3.35. The van der Waals surface area contributed by atoms with Crippen molar-refractivity contribution in [1.82, 2.24) is 14.9 Å². The van der Waals surface area contributed by atoms with Gasteiger partial charge in [-0.2, -0.15) is 0 Å². The summed E-state index contributed by atoms with van der Waals surface area (Å²) in [4.78, 5) is 28.2. The van der Waals surface area contributed by atoms with Gasteiger partial charge in [0.1, 0.15) is 6.54 Å². The number of aromatic nitrogens is 2. The van der Waals surface area contributed by atoms with Crippen LogP contribution < -0.4 is 16.6 Å². The van der Waals surface area contributed by atoms with E-state index in [1.807, 2.05) is 6.07 Å². The number of amides is 1. The first kappa shape index (κ1) is 17.6. The van der Waals surface area contributed by atoms with Crippen LogP contribution in [0.5, 0.6) is 0 Å². The van der Waals surface area contributed by atoms with E-state index in [0.717, 1.165) is 4.47 Å². The summed E-state index contributed by atoms with van der Waals surface area (Å²) in [5, 5.41) is 3.18. The highest BCUT2D eigenvalue weighted by atomic mass is 79.9. The molecule has 0 fully saturated rings. The van der Waals surface area contributed by atoms with Crippen LogP contribution in [-0.4, -0.2) is 28.0 Å². The number of benzene rings is 1. The van der Waals surface area contributed by atoms with E-state index in [4.69, 9.17) is 5.73 Å². The van der Waals surface area contributed by atoms with Crippen LogP contribution in [0.2, 0.25) is 0 Å². The molecule has 1 aromatic heterocycles. The molecule has 2 aromatic rings. The van der Waals surface area contributed by atoms with Gasteiger partial charge in [-0.05, 0) is 25.1 Å². The Kier molecular flexibility index (Phi) is 6.32. The molecule has 21 heavy (non-hydrogen) atoms. The van der Waals surface area contributed by atoms with Crippen molar-refractivity contribution in [3.8, 4) is 0 Å². The van der Waals surface area contributed by atoms with E-state index in [0.29, 0.717) is 17.4 Å². The maximum atomic E-state index is 12.3. The van der Waals surface area contributed by atoms with Crippen LogP contribution >= 0.6 is 28.3 Å². The van der Waals surface area contributed by atoms with E-state index < -0.39 is 0 Å². The van der Waals surface area contributed by atoms with Gasteiger partial charge in [0.15, 0.2) is 0 Å². The fourth-order valence-corrected chi connectivity index (χ4v) is 2.14. The van der Waals surface area contributed by atoms with Gasteiger partial charge in [0, 0.05) is 17.1 Å². The summed E-state index contributed by atoms with van der Waals surface area (Å²) in [7, 11) is 0. The average Bonchev–Trinajstić information content (AvgIpc) is 2.42. The number of hydrogen-bond donors (Lipinski definition) is 2. The zero-order chi connectivity index (χ0) is 14.7. The zero-order valence-electron chi connectivity index (χ0n) is 11.4. The van der Waals surface area contributed by atoms with Crippen molar-refractivity contribution >= 4 is 45.1 Å². The molecule has 1 atom stereocenters. The Balaban J connectivity index is 0.00000220. The predicted octanol–water partition coefficient (Wildman–Crippen LogP) is 1.04. The van der Waals surface area contributed by atoms with E-state index in [-0.39, 0.29) is 36.5 Å². The number of nitrogens with two attached hydrogens (primary N) is 1. The van der Waals surface area contributed by atoms with Crippen LogP contribution in [0, 0.1) is 0 Å². The number of halogens is 2. The van der Waals surface area contributed by atoms with Gasteiger partial charge in [-0.15, -0.1) is 12.4 Å². The first-order valence-electron chi connectivity index (χ1n) is 6.15. The molecule has 0 saturated heterocycles. The van der Waals surface area contributed by atoms with Crippen LogP contribution in [0.1, 0.15) is 6.92 Å². The molecule has 0 aliphatic rings. The third kappa shape index (κ3) is 4.26. The Morgan fingerprint density at radius 1 is 1.52 bits per heavy atom. The number of hydrogen-bond acceptors (Lipinski definition) is 4. The lowest BCUT2D eigenvalue weighted by atomic mass is 10.2.